The molecule has 0 bridgehead atoms. The average molecular weight is 450 g/mol. The summed E-state index contributed by atoms with van der Waals surface area (Å²) in [7, 11) is 1.53. The molecule has 11 nitrogen and oxygen atoms in total. The van der Waals surface area contributed by atoms with Crippen LogP contribution in [-0.2, 0) is 7.05 Å². The van der Waals surface area contributed by atoms with Gasteiger partial charge in [0, 0.05) is 13.5 Å². The number of aryl methyl sites for hydroxylation is 1. The predicted octanol–water partition coefficient (Wildman–Crippen LogP) is 2.53. The van der Waals surface area contributed by atoms with E-state index in [0.29, 0.717) is 5.69 Å². The van der Waals surface area contributed by atoms with Gasteiger partial charge in [-0.25, -0.2) is 19.9 Å². The van der Waals surface area contributed by atoms with E-state index in [4.69, 9.17) is 0 Å². The topological polar surface area (TPSA) is 137 Å². The van der Waals surface area contributed by atoms with Crippen LogP contribution in [0.1, 0.15) is 34.3 Å². The first-order chi connectivity index (χ1) is 15.2. The monoisotopic (exact) mass is 450 g/mol. The number of anilines is 3. The summed E-state index contributed by atoms with van der Waals surface area (Å²) in [6.45, 7) is 0.0393. The molecule has 0 aliphatic rings. The number of hydrogen-bond donors (Lipinski definition) is 2. The van der Waals surface area contributed by atoms with Crippen molar-refractivity contribution in [3.63, 3.8) is 0 Å². The van der Waals surface area contributed by atoms with Crippen molar-refractivity contribution < 1.29 is 27.5 Å². The van der Waals surface area contributed by atoms with E-state index >= 15 is 0 Å². The number of carbonyl (C=O) groups is 2. The second-order valence-electron chi connectivity index (χ2n) is 6.32. The zero-order chi connectivity index (χ0) is 23.3. The second kappa shape index (κ2) is 9.36. The normalized spacial score (nSPS) is 11.2. The van der Waals surface area contributed by atoms with Crippen LogP contribution in [0.5, 0.6) is 5.88 Å². The Balaban J connectivity index is 1.94. The van der Waals surface area contributed by atoms with Gasteiger partial charge in [-0.2, -0.15) is 18.3 Å². The quantitative estimate of drug-likeness (QED) is 0.496. The lowest BCUT2D eigenvalue weighted by Gasteiger charge is -2.13. The van der Waals surface area contributed by atoms with Gasteiger partial charge >= 0.3 is 6.18 Å². The van der Waals surface area contributed by atoms with Crippen LogP contribution in [0.3, 0.4) is 0 Å². The maximum Gasteiger partial charge on any atom is 0.422 e. The molecule has 0 saturated heterocycles. The number of hydrogen-bond acceptors (Lipinski definition) is 9. The molecule has 14 heteroatoms. The molecule has 0 aliphatic heterocycles. The van der Waals surface area contributed by atoms with Crippen LogP contribution >= 0.6 is 0 Å². The Morgan fingerprint density at radius 1 is 1.16 bits per heavy atom. The summed E-state index contributed by atoms with van der Waals surface area (Å²) in [6.07, 6.45) is 1.85. The van der Waals surface area contributed by atoms with Gasteiger partial charge in [-0.1, -0.05) is 6.92 Å². The lowest BCUT2D eigenvalue weighted by atomic mass is 10.2. The maximum absolute atomic E-state index is 12.9. The molecule has 1 amide bonds. The zero-order valence-corrected chi connectivity index (χ0v) is 16.8. The van der Waals surface area contributed by atoms with Gasteiger partial charge in [0.1, 0.15) is 12.0 Å². The van der Waals surface area contributed by atoms with Crippen molar-refractivity contribution in [2.75, 3.05) is 17.2 Å². The van der Waals surface area contributed by atoms with E-state index in [1.165, 1.54) is 36.6 Å². The molecule has 0 aliphatic carbocycles. The second-order valence-corrected chi connectivity index (χ2v) is 6.32. The number of nitrogens with zero attached hydrogens (tertiary/aromatic N) is 6. The Morgan fingerprint density at radius 2 is 1.88 bits per heavy atom. The number of halogens is 3. The van der Waals surface area contributed by atoms with E-state index < -0.39 is 24.6 Å². The summed E-state index contributed by atoms with van der Waals surface area (Å²) >= 11 is 0. The number of aromatic nitrogens is 6. The third-order valence-electron chi connectivity index (χ3n) is 3.94. The lowest BCUT2D eigenvalue weighted by Crippen LogP contribution is -2.22. The Labute approximate surface area is 179 Å². The standard InChI is InChI=1S/C18H17F3N8O3/c1-3-12(30)15-11(6-25-29(15)2)27-17(31)14-16(26-10-4-22-9-23-5-10)24-7-13(28-14)32-8-18(19,20)21/h4-7,9H,3,8H2,1-2H3,(H,24,26)(H,27,31). The van der Waals surface area contributed by atoms with Crippen LogP contribution in [-0.4, -0.2) is 54.2 Å². The molecule has 0 radical (unpaired) electrons. The molecule has 3 aromatic heterocycles. The smallest absolute Gasteiger partial charge is 0.422 e. The molecule has 2 N–H and O–H groups in total. The molecule has 0 saturated carbocycles. The molecule has 0 fully saturated rings. The number of ketones is 1. The first-order valence-electron chi connectivity index (χ1n) is 9.13. The highest BCUT2D eigenvalue weighted by molar-refractivity contribution is 6.10. The van der Waals surface area contributed by atoms with Crippen molar-refractivity contribution in [3.05, 3.63) is 42.5 Å². The van der Waals surface area contributed by atoms with Gasteiger partial charge in [0.05, 0.1) is 36.2 Å². The van der Waals surface area contributed by atoms with E-state index in [-0.39, 0.29) is 35.1 Å². The SMILES string of the molecule is CCC(=O)c1c(NC(=O)c2nc(OCC(F)(F)F)cnc2Nc2cncnc2)cnn1C. The van der Waals surface area contributed by atoms with E-state index in [0.717, 1.165) is 6.20 Å². The van der Waals surface area contributed by atoms with Crippen molar-refractivity contribution in [2.45, 2.75) is 19.5 Å². The van der Waals surface area contributed by atoms with Gasteiger partial charge in [0.15, 0.2) is 23.9 Å². The van der Waals surface area contributed by atoms with Gasteiger partial charge in [-0.05, 0) is 0 Å². The molecular weight excluding hydrogens is 433 g/mol. The van der Waals surface area contributed by atoms with Crippen LogP contribution < -0.4 is 15.4 Å². The van der Waals surface area contributed by atoms with Crippen molar-refractivity contribution in [1.29, 1.82) is 0 Å². The number of alkyl halides is 3. The minimum absolute atomic E-state index is 0.0936. The van der Waals surface area contributed by atoms with E-state index in [1.807, 2.05) is 0 Å². The minimum atomic E-state index is -4.60. The first kappa shape index (κ1) is 22.6. The molecule has 168 valence electrons. The van der Waals surface area contributed by atoms with Crippen molar-refractivity contribution in [1.82, 2.24) is 29.7 Å². The van der Waals surface area contributed by atoms with Gasteiger partial charge in [0.2, 0.25) is 5.88 Å². The Hall–Kier alpha value is -4.10. The highest BCUT2D eigenvalue weighted by atomic mass is 19.4. The van der Waals surface area contributed by atoms with Gasteiger partial charge in [0.25, 0.3) is 5.91 Å². The average Bonchev–Trinajstić information content (AvgIpc) is 3.12. The van der Waals surface area contributed by atoms with Crippen LogP contribution in [0.25, 0.3) is 0 Å². The number of amides is 1. The number of ether oxygens (including phenoxy) is 1. The molecule has 0 aromatic carbocycles. The van der Waals surface area contributed by atoms with Gasteiger partial charge < -0.3 is 15.4 Å². The van der Waals surface area contributed by atoms with Gasteiger partial charge in [-0.15, -0.1) is 0 Å². The maximum atomic E-state index is 12.9. The molecule has 0 spiro atoms. The highest BCUT2D eigenvalue weighted by Crippen LogP contribution is 2.23. The van der Waals surface area contributed by atoms with Crippen LogP contribution in [0.4, 0.5) is 30.4 Å². The summed E-state index contributed by atoms with van der Waals surface area (Å²) in [4.78, 5) is 40.6. The van der Waals surface area contributed by atoms with Crippen molar-refractivity contribution in [3.8, 4) is 5.88 Å². The largest absolute Gasteiger partial charge is 0.467 e. The Bertz CT molecular complexity index is 1120. The van der Waals surface area contributed by atoms with Crippen molar-refractivity contribution in [2.24, 2.45) is 7.05 Å². The molecule has 32 heavy (non-hydrogen) atoms. The molecule has 0 atom stereocenters. The molecule has 3 aromatic rings. The van der Waals surface area contributed by atoms with Crippen LogP contribution in [0, 0.1) is 0 Å². The molecule has 3 heterocycles. The third-order valence-corrected chi connectivity index (χ3v) is 3.94. The highest BCUT2D eigenvalue weighted by Gasteiger charge is 2.29. The van der Waals surface area contributed by atoms with E-state index in [9.17, 15) is 22.8 Å². The van der Waals surface area contributed by atoms with E-state index in [2.05, 4.69) is 40.4 Å². The summed E-state index contributed by atoms with van der Waals surface area (Å²) in [5.74, 6) is -1.73. The third kappa shape index (κ3) is 5.53. The summed E-state index contributed by atoms with van der Waals surface area (Å²) in [5, 5.41) is 9.22. The first-order valence-corrected chi connectivity index (χ1v) is 9.13. The van der Waals surface area contributed by atoms with Crippen LogP contribution in [0.2, 0.25) is 0 Å². The summed E-state index contributed by atoms with van der Waals surface area (Å²) in [6, 6.07) is 0. The summed E-state index contributed by atoms with van der Waals surface area (Å²) in [5.41, 5.74) is 0.237. The molecule has 0 unspecified atom stereocenters. The number of nitrogens with one attached hydrogen (secondary N) is 2. The van der Waals surface area contributed by atoms with Gasteiger partial charge in [-0.3, -0.25) is 14.3 Å². The Kier molecular flexibility index (Phi) is 6.61. The zero-order valence-electron chi connectivity index (χ0n) is 16.8. The fraction of sp³-hybridized carbons (Fsp3) is 0.278. The lowest BCUT2D eigenvalue weighted by molar-refractivity contribution is -0.154. The fourth-order valence-electron chi connectivity index (χ4n) is 2.56. The Morgan fingerprint density at radius 3 is 2.53 bits per heavy atom. The number of rotatable bonds is 8. The number of Topliss-reactive ketones (excluding diaryl/α,β-unsaturated/α-hetero) is 1. The molecule has 3 rings (SSSR count). The summed E-state index contributed by atoms with van der Waals surface area (Å²) < 4.78 is 43.4. The van der Waals surface area contributed by atoms with Crippen LogP contribution in [0.15, 0.2) is 31.1 Å². The molecular formula is C18H17F3N8O3. The van der Waals surface area contributed by atoms with Crippen molar-refractivity contribution >= 4 is 28.9 Å². The number of carbonyl (C=O) groups excluding carboxylic acids is 2. The minimum Gasteiger partial charge on any atom is -0.467 e. The predicted molar refractivity (Wildman–Crippen MR) is 105 cm³/mol. The fourth-order valence-corrected chi connectivity index (χ4v) is 2.56. The van der Waals surface area contributed by atoms with E-state index in [1.54, 1.807) is 6.92 Å².